The SMILES string of the molecule is C1CB2OCCN2C1. The summed E-state index contributed by atoms with van der Waals surface area (Å²) in [5.41, 5.74) is 0. The van der Waals surface area contributed by atoms with E-state index in [0.29, 0.717) is 7.05 Å². The first-order valence-electron chi connectivity index (χ1n) is 3.32. The molecule has 0 aromatic carbocycles. The monoisotopic (exact) mass is 111 g/mol. The predicted molar refractivity (Wildman–Crippen MR) is 32.7 cm³/mol. The van der Waals surface area contributed by atoms with Crippen molar-refractivity contribution in [3.8, 4) is 0 Å². The van der Waals surface area contributed by atoms with E-state index in [-0.39, 0.29) is 0 Å². The molecule has 44 valence electrons. The quantitative estimate of drug-likeness (QED) is 0.414. The van der Waals surface area contributed by atoms with Crippen LogP contribution in [0.25, 0.3) is 0 Å². The molecule has 0 aromatic rings. The van der Waals surface area contributed by atoms with Crippen molar-refractivity contribution >= 4 is 7.05 Å². The molecule has 0 aromatic heterocycles. The summed E-state index contributed by atoms with van der Waals surface area (Å²) < 4.78 is 5.40. The average Bonchev–Trinajstić information content (AvgIpc) is 2.15. The van der Waals surface area contributed by atoms with Crippen LogP contribution in [-0.4, -0.2) is 31.6 Å². The normalized spacial score (nSPS) is 29.2. The van der Waals surface area contributed by atoms with Crippen LogP contribution in [0.15, 0.2) is 0 Å². The number of nitrogens with zero attached hydrogens (tertiary/aromatic N) is 1. The molecule has 2 saturated heterocycles. The smallest absolute Gasteiger partial charge is 0.382 e. The summed E-state index contributed by atoms with van der Waals surface area (Å²) in [5.74, 6) is 0. The lowest BCUT2D eigenvalue weighted by atomic mass is 9.81. The van der Waals surface area contributed by atoms with Gasteiger partial charge >= 0.3 is 7.05 Å². The minimum atomic E-state index is 0.509. The Bertz CT molecular complexity index is 78.4. The third kappa shape index (κ3) is 0.582. The number of fused-ring (bicyclic) bond motifs is 1. The maximum Gasteiger partial charge on any atom is 0.382 e. The number of rotatable bonds is 0. The van der Waals surface area contributed by atoms with Crippen LogP contribution in [0.3, 0.4) is 0 Å². The summed E-state index contributed by atoms with van der Waals surface area (Å²) in [5, 5.41) is 0. The molecule has 0 atom stereocenters. The van der Waals surface area contributed by atoms with Gasteiger partial charge in [0.05, 0.1) is 0 Å². The molecule has 2 fully saturated rings. The van der Waals surface area contributed by atoms with E-state index < -0.39 is 0 Å². The molecule has 3 heteroatoms. The maximum atomic E-state index is 5.40. The Morgan fingerprint density at radius 2 is 2.38 bits per heavy atom. The zero-order valence-electron chi connectivity index (χ0n) is 4.97. The van der Waals surface area contributed by atoms with E-state index >= 15 is 0 Å². The highest BCUT2D eigenvalue weighted by atomic mass is 16.5. The lowest BCUT2D eigenvalue weighted by Gasteiger charge is -2.06. The number of hydrogen-bond donors (Lipinski definition) is 0. The first kappa shape index (κ1) is 4.83. The Morgan fingerprint density at radius 1 is 1.38 bits per heavy atom. The molecule has 0 spiro atoms. The third-order valence-corrected chi connectivity index (χ3v) is 1.99. The first-order chi connectivity index (χ1) is 3.97. The van der Waals surface area contributed by atoms with E-state index in [1.165, 1.54) is 25.8 Å². The van der Waals surface area contributed by atoms with Gasteiger partial charge in [0, 0.05) is 13.2 Å². The summed E-state index contributed by atoms with van der Waals surface area (Å²) in [4.78, 5) is 2.42. The minimum Gasteiger partial charge on any atom is -0.420 e. The van der Waals surface area contributed by atoms with Crippen molar-refractivity contribution in [3.05, 3.63) is 0 Å². The molecule has 0 unspecified atom stereocenters. The van der Waals surface area contributed by atoms with Crippen molar-refractivity contribution in [2.24, 2.45) is 0 Å². The molecule has 2 heterocycles. The second kappa shape index (κ2) is 1.74. The summed E-state index contributed by atoms with van der Waals surface area (Å²) in [7, 11) is 0.509. The van der Waals surface area contributed by atoms with Gasteiger partial charge in [0.1, 0.15) is 0 Å². The molecule has 0 aliphatic carbocycles. The zero-order valence-corrected chi connectivity index (χ0v) is 4.97. The molecule has 8 heavy (non-hydrogen) atoms. The summed E-state index contributed by atoms with van der Waals surface area (Å²) in [6, 6.07) is 0. The van der Waals surface area contributed by atoms with E-state index in [1.54, 1.807) is 0 Å². The Labute approximate surface area is 49.9 Å². The molecule has 2 aliphatic rings. The van der Waals surface area contributed by atoms with Crippen molar-refractivity contribution in [1.29, 1.82) is 0 Å². The van der Waals surface area contributed by atoms with E-state index in [1.807, 2.05) is 0 Å². The minimum absolute atomic E-state index is 0.509. The Kier molecular flexibility index (Phi) is 1.05. The van der Waals surface area contributed by atoms with E-state index in [9.17, 15) is 0 Å². The van der Waals surface area contributed by atoms with Gasteiger partial charge in [-0.25, -0.2) is 0 Å². The molecule has 2 rings (SSSR count). The highest BCUT2D eigenvalue weighted by Gasteiger charge is 2.34. The van der Waals surface area contributed by atoms with Gasteiger partial charge in [0.15, 0.2) is 0 Å². The van der Waals surface area contributed by atoms with Crippen molar-refractivity contribution in [2.75, 3.05) is 19.7 Å². The van der Waals surface area contributed by atoms with Crippen LogP contribution in [0.5, 0.6) is 0 Å². The molecule has 0 N–H and O–H groups in total. The topological polar surface area (TPSA) is 12.5 Å². The fourth-order valence-corrected chi connectivity index (χ4v) is 1.55. The van der Waals surface area contributed by atoms with Crippen LogP contribution in [-0.2, 0) is 4.65 Å². The molecule has 0 bridgehead atoms. The van der Waals surface area contributed by atoms with Gasteiger partial charge < -0.3 is 9.47 Å². The van der Waals surface area contributed by atoms with E-state index in [4.69, 9.17) is 4.65 Å². The van der Waals surface area contributed by atoms with Gasteiger partial charge in [-0.05, 0) is 19.3 Å². The Morgan fingerprint density at radius 3 is 3.25 bits per heavy atom. The summed E-state index contributed by atoms with van der Waals surface area (Å²) in [6.07, 6.45) is 2.60. The van der Waals surface area contributed by atoms with Gasteiger partial charge in [-0.1, -0.05) is 0 Å². The van der Waals surface area contributed by atoms with Crippen LogP contribution >= 0.6 is 0 Å². The standard InChI is InChI=1S/C5H10BNO/c1-2-6-7(3-1)4-5-8-6/h1-5H2. The average molecular weight is 111 g/mol. The molecular weight excluding hydrogens is 101 g/mol. The second-order valence-electron chi connectivity index (χ2n) is 2.50. The molecular formula is C5H10BNO. The van der Waals surface area contributed by atoms with Crippen molar-refractivity contribution in [1.82, 2.24) is 4.81 Å². The van der Waals surface area contributed by atoms with Crippen molar-refractivity contribution < 1.29 is 4.65 Å². The molecule has 2 aliphatic heterocycles. The lowest BCUT2D eigenvalue weighted by molar-refractivity contribution is 0.366. The first-order valence-corrected chi connectivity index (χ1v) is 3.32. The van der Waals surface area contributed by atoms with Crippen LogP contribution in [0.2, 0.25) is 6.32 Å². The Balaban J connectivity index is 2.04. The van der Waals surface area contributed by atoms with Gasteiger partial charge in [-0.2, -0.15) is 0 Å². The molecule has 0 saturated carbocycles. The highest BCUT2D eigenvalue weighted by Crippen LogP contribution is 2.19. The second-order valence-corrected chi connectivity index (χ2v) is 2.50. The van der Waals surface area contributed by atoms with Crippen LogP contribution in [0.4, 0.5) is 0 Å². The summed E-state index contributed by atoms with van der Waals surface area (Å²) >= 11 is 0. The van der Waals surface area contributed by atoms with Crippen LogP contribution in [0.1, 0.15) is 6.42 Å². The lowest BCUT2D eigenvalue weighted by Crippen LogP contribution is -2.27. The predicted octanol–water partition coefficient (Wildman–Crippen LogP) is 0.211. The van der Waals surface area contributed by atoms with Gasteiger partial charge in [-0.15, -0.1) is 0 Å². The van der Waals surface area contributed by atoms with Gasteiger partial charge in [-0.3, -0.25) is 0 Å². The van der Waals surface area contributed by atoms with Gasteiger partial charge in [0.25, 0.3) is 0 Å². The van der Waals surface area contributed by atoms with Gasteiger partial charge in [0.2, 0.25) is 0 Å². The number of hydrogen-bond acceptors (Lipinski definition) is 2. The van der Waals surface area contributed by atoms with Crippen molar-refractivity contribution in [3.63, 3.8) is 0 Å². The third-order valence-electron chi connectivity index (χ3n) is 1.99. The molecule has 0 radical (unpaired) electrons. The van der Waals surface area contributed by atoms with E-state index in [0.717, 1.165) is 6.61 Å². The maximum absolute atomic E-state index is 5.40. The fraction of sp³-hybridized carbons (Fsp3) is 1.00. The highest BCUT2D eigenvalue weighted by molar-refractivity contribution is 6.50. The zero-order chi connectivity index (χ0) is 5.40. The van der Waals surface area contributed by atoms with Crippen molar-refractivity contribution in [2.45, 2.75) is 12.7 Å². The van der Waals surface area contributed by atoms with Crippen LogP contribution in [0, 0.1) is 0 Å². The molecule has 0 amide bonds. The van der Waals surface area contributed by atoms with Crippen LogP contribution < -0.4 is 0 Å². The largest absolute Gasteiger partial charge is 0.420 e. The summed E-state index contributed by atoms with van der Waals surface area (Å²) in [6.45, 7) is 3.40. The Hall–Kier alpha value is -0.0151. The van der Waals surface area contributed by atoms with E-state index in [2.05, 4.69) is 4.81 Å². The fourth-order valence-electron chi connectivity index (χ4n) is 1.55. The molecule has 2 nitrogen and oxygen atoms in total.